The Morgan fingerprint density at radius 3 is 2.61 bits per heavy atom. The highest BCUT2D eigenvalue weighted by Gasteiger charge is 2.35. The summed E-state index contributed by atoms with van der Waals surface area (Å²) in [4.78, 5) is 14.5. The van der Waals surface area contributed by atoms with Crippen molar-refractivity contribution in [1.29, 1.82) is 0 Å². The number of carbonyl (C=O) groups is 1. The maximum Gasteiger partial charge on any atom is 0.404 e. The predicted octanol–water partition coefficient (Wildman–Crippen LogP) is 2.08. The van der Waals surface area contributed by atoms with Crippen molar-refractivity contribution >= 4 is 21.6 Å². The lowest BCUT2D eigenvalue weighted by molar-refractivity contribution is -0.106. The molecule has 0 radical (unpaired) electrons. The van der Waals surface area contributed by atoms with Crippen LogP contribution in [0, 0.1) is 5.92 Å². The molecule has 2 N–H and O–H groups in total. The Morgan fingerprint density at radius 1 is 1.32 bits per heavy atom. The summed E-state index contributed by atoms with van der Waals surface area (Å²) in [7, 11) is -1.57. The maximum absolute atomic E-state index is 13.1. The van der Waals surface area contributed by atoms with Crippen LogP contribution in [0.3, 0.4) is 0 Å². The van der Waals surface area contributed by atoms with Crippen molar-refractivity contribution in [2.45, 2.75) is 32.2 Å². The summed E-state index contributed by atoms with van der Waals surface area (Å²) < 4.78 is 74.3. The molecular weight excluding hydrogens is 439 g/mol. The summed E-state index contributed by atoms with van der Waals surface area (Å²) in [5.74, 6) is -2.21. The average molecular weight is 468 g/mol. The molecule has 12 heteroatoms. The van der Waals surface area contributed by atoms with Crippen LogP contribution >= 0.6 is 0 Å². The van der Waals surface area contributed by atoms with Crippen LogP contribution in [0.15, 0.2) is 18.2 Å². The van der Waals surface area contributed by atoms with Crippen LogP contribution in [0.5, 0.6) is 5.75 Å². The number of nitrogens with zero attached hydrogens (tertiary/aromatic N) is 1. The first-order chi connectivity index (χ1) is 14.3. The quantitative estimate of drug-likeness (QED) is 0.704. The van der Waals surface area contributed by atoms with Gasteiger partial charge in [-0.05, 0) is 31.0 Å². The standard InChI is InChI=1S/C19H28F3N3O5S/c1-12-8-23-13(2)10-30-16-6-5-14(24-31(27,28)11-19(20,21)22)7-15(16)18(26)25(3)9-17(12)29-4/h5-7,12-13,17,23-24H,8-11H2,1-4H3/t12-,13-,17-/m0/s1. The van der Waals surface area contributed by atoms with Gasteiger partial charge in [-0.2, -0.15) is 13.2 Å². The first-order valence-corrected chi connectivity index (χ1v) is 11.3. The highest BCUT2D eigenvalue weighted by Crippen LogP contribution is 2.27. The van der Waals surface area contributed by atoms with Crippen molar-refractivity contribution in [2.24, 2.45) is 5.92 Å². The second kappa shape index (κ2) is 10.0. The number of carbonyl (C=O) groups excluding carboxylic acids is 1. The van der Waals surface area contributed by atoms with Gasteiger partial charge in [0.25, 0.3) is 5.91 Å². The molecule has 1 aliphatic heterocycles. The first kappa shape index (κ1) is 25.2. The van der Waals surface area contributed by atoms with Crippen molar-refractivity contribution in [3.05, 3.63) is 23.8 Å². The van der Waals surface area contributed by atoms with Crippen molar-refractivity contribution in [1.82, 2.24) is 10.2 Å². The van der Waals surface area contributed by atoms with Crippen LogP contribution in [0.2, 0.25) is 0 Å². The fraction of sp³-hybridized carbons (Fsp3) is 0.632. The molecule has 8 nitrogen and oxygen atoms in total. The zero-order chi connectivity index (χ0) is 23.4. The summed E-state index contributed by atoms with van der Waals surface area (Å²) in [6.07, 6.45) is -5.15. The van der Waals surface area contributed by atoms with Crippen LogP contribution in [0.4, 0.5) is 18.9 Å². The van der Waals surface area contributed by atoms with Gasteiger partial charge in [0.15, 0.2) is 5.75 Å². The zero-order valence-electron chi connectivity index (χ0n) is 17.8. The number of amides is 1. The van der Waals surface area contributed by atoms with Gasteiger partial charge in [0, 0.05) is 39.0 Å². The van der Waals surface area contributed by atoms with E-state index in [1.165, 1.54) is 23.1 Å². The average Bonchev–Trinajstić information content (AvgIpc) is 2.65. The topological polar surface area (TPSA) is 97.0 Å². The molecule has 1 aromatic carbocycles. The number of hydrogen-bond acceptors (Lipinski definition) is 6. The normalized spacial score (nSPS) is 23.9. The Bertz CT molecular complexity index is 879. The van der Waals surface area contributed by atoms with E-state index in [4.69, 9.17) is 9.47 Å². The van der Waals surface area contributed by atoms with Crippen LogP contribution in [0.1, 0.15) is 24.2 Å². The summed E-state index contributed by atoms with van der Waals surface area (Å²) in [5.41, 5.74) is -0.131. The number of benzene rings is 1. The van der Waals surface area contributed by atoms with Gasteiger partial charge in [0.1, 0.15) is 12.4 Å². The third-order valence-corrected chi connectivity index (χ3v) is 6.11. The summed E-state index contributed by atoms with van der Waals surface area (Å²) in [6, 6.07) is 3.74. The Labute approximate surface area is 180 Å². The molecule has 2 rings (SSSR count). The lowest BCUT2D eigenvalue weighted by Crippen LogP contribution is -2.44. The van der Waals surface area contributed by atoms with E-state index in [1.807, 2.05) is 18.6 Å². The molecule has 1 heterocycles. The number of likely N-dealkylation sites (N-methyl/N-ethyl adjacent to an activating group) is 1. The molecule has 0 bridgehead atoms. The summed E-state index contributed by atoms with van der Waals surface area (Å²) in [5, 5.41) is 3.33. The number of nitrogens with one attached hydrogen (secondary N) is 2. The van der Waals surface area contributed by atoms with Crippen LogP contribution in [-0.2, 0) is 14.8 Å². The van der Waals surface area contributed by atoms with E-state index in [1.54, 1.807) is 14.2 Å². The number of ether oxygens (including phenoxy) is 2. The van der Waals surface area contributed by atoms with E-state index in [-0.39, 0.29) is 48.2 Å². The van der Waals surface area contributed by atoms with Gasteiger partial charge >= 0.3 is 6.18 Å². The second-order valence-electron chi connectivity index (χ2n) is 7.74. The lowest BCUT2D eigenvalue weighted by Gasteiger charge is -2.30. The molecule has 31 heavy (non-hydrogen) atoms. The summed E-state index contributed by atoms with van der Waals surface area (Å²) in [6.45, 7) is 5.04. The molecule has 1 amide bonds. The van der Waals surface area contributed by atoms with Crippen molar-refractivity contribution < 1.29 is 35.9 Å². The van der Waals surface area contributed by atoms with Gasteiger partial charge in [-0.1, -0.05) is 6.92 Å². The lowest BCUT2D eigenvalue weighted by atomic mass is 10.0. The van der Waals surface area contributed by atoms with Crippen LogP contribution < -0.4 is 14.8 Å². The van der Waals surface area contributed by atoms with E-state index in [0.717, 1.165) is 0 Å². The number of anilines is 1. The van der Waals surface area contributed by atoms with Gasteiger partial charge < -0.3 is 19.7 Å². The minimum Gasteiger partial charge on any atom is -0.491 e. The molecule has 3 atom stereocenters. The molecule has 1 aliphatic rings. The number of sulfonamides is 1. The van der Waals surface area contributed by atoms with Gasteiger partial charge in [0.2, 0.25) is 10.0 Å². The minimum atomic E-state index is -4.89. The molecule has 1 aromatic rings. The van der Waals surface area contributed by atoms with Gasteiger partial charge in [-0.15, -0.1) is 0 Å². The molecular formula is C19H28F3N3O5S. The molecule has 0 aromatic heterocycles. The Balaban J connectivity index is 2.37. The smallest absolute Gasteiger partial charge is 0.404 e. The predicted molar refractivity (Wildman–Crippen MR) is 110 cm³/mol. The van der Waals surface area contributed by atoms with Crippen molar-refractivity contribution in [3.63, 3.8) is 0 Å². The number of rotatable bonds is 4. The fourth-order valence-electron chi connectivity index (χ4n) is 3.16. The van der Waals surface area contributed by atoms with Crippen LogP contribution in [0.25, 0.3) is 0 Å². The van der Waals surface area contributed by atoms with E-state index in [9.17, 15) is 26.4 Å². The third-order valence-electron chi connectivity index (χ3n) is 4.85. The number of hydrogen-bond donors (Lipinski definition) is 2. The second-order valence-corrected chi connectivity index (χ2v) is 9.47. The molecule has 176 valence electrons. The molecule has 0 unspecified atom stereocenters. The highest BCUT2D eigenvalue weighted by molar-refractivity contribution is 7.92. The Kier molecular flexibility index (Phi) is 8.17. The summed E-state index contributed by atoms with van der Waals surface area (Å²) >= 11 is 0. The van der Waals surface area contributed by atoms with E-state index in [0.29, 0.717) is 6.54 Å². The Morgan fingerprint density at radius 2 is 2.00 bits per heavy atom. The van der Waals surface area contributed by atoms with E-state index < -0.39 is 27.9 Å². The minimum absolute atomic E-state index is 0.0324. The largest absolute Gasteiger partial charge is 0.491 e. The molecule has 0 saturated heterocycles. The number of methoxy groups -OCH3 is 1. The van der Waals surface area contributed by atoms with Gasteiger partial charge in [-0.25, -0.2) is 8.42 Å². The maximum atomic E-state index is 13.1. The third kappa shape index (κ3) is 7.54. The number of alkyl halides is 3. The SMILES string of the molecule is CO[C@H]1CN(C)C(=O)c2cc(NS(=O)(=O)CC(F)(F)F)ccc2OC[C@H](C)NC[C@@H]1C. The van der Waals surface area contributed by atoms with Gasteiger partial charge in [0.05, 0.1) is 11.7 Å². The van der Waals surface area contributed by atoms with Crippen LogP contribution in [-0.4, -0.2) is 77.2 Å². The highest BCUT2D eigenvalue weighted by atomic mass is 32.2. The molecule has 0 saturated carbocycles. The Hall–Kier alpha value is -2.05. The first-order valence-electron chi connectivity index (χ1n) is 9.67. The number of fused-ring (bicyclic) bond motifs is 1. The van der Waals surface area contributed by atoms with Crippen molar-refractivity contribution in [3.8, 4) is 5.75 Å². The van der Waals surface area contributed by atoms with E-state index in [2.05, 4.69) is 5.32 Å². The van der Waals surface area contributed by atoms with Gasteiger partial charge in [-0.3, -0.25) is 9.52 Å². The van der Waals surface area contributed by atoms with Crippen molar-refractivity contribution in [2.75, 3.05) is 44.3 Å². The molecule has 0 spiro atoms. The monoisotopic (exact) mass is 467 g/mol. The number of halogens is 3. The van der Waals surface area contributed by atoms with E-state index >= 15 is 0 Å². The zero-order valence-corrected chi connectivity index (χ0v) is 18.6. The fourth-order valence-corrected chi connectivity index (χ4v) is 4.14. The molecule has 0 aliphatic carbocycles. The molecule has 0 fully saturated rings.